The van der Waals surface area contributed by atoms with E-state index in [-0.39, 0.29) is 5.76 Å². The van der Waals surface area contributed by atoms with Gasteiger partial charge in [0.25, 0.3) is 5.22 Å². The molecule has 0 amide bonds. The topological polar surface area (TPSA) is 87.6 Å². The molecule has 0 spiro atoms. The predicted molar refractivity (Wildman–Crippen MR) is 90.5 cm³/mol. The molecule has 0 N–H and O–H groups in total. The molecule has 1 aromatic carbocycles. The summed E-state index contributed by atoms with van der Waals surface area (Å²) in [6.45, 7) is 2.55. The van der Waals surface area contributed by atoms with Gasteiger partial charge in [-0.3, -0.25) is 0 Å². The highest BCUT2D eigenvalue weighted by Crippen LogP contribution is 2.27. The first-order chi connectivity index (χ1) is 12.2. The number of carbonyl (C=O) groups excluding carboxylic acids is 1. The fraction of sp³-hybridized carbons (Fsp3) is 0.235. The summed E-state index contributed by atoms with van der Waals surface area (Å²) < 4.78 is 21.0. The maximum Gasteiger partial charge on any atom is 0.373 e. The quantitative estimate of drug-likeness (QED) is 0.464. The molecule has 0 aliphatic carbocycles. The van der Waals surface area contributed by atoms with Crippen molar-refractivity contribution < 1.29 is 23.1 Å². The molecular formula is C17H16N2O5S. The Morgan fingerprint density at radius 2 is 1.92 bits per heavy atom. The van der Waals surface area contributed by atoms with Gasteiger partial charge in [0.2, 0.25) is 11.7 Å². The zero-order valence-corrected chi connectivity index (χ0v) is 14.5. The molecule has 130 valence electrons. The molecule has 2 heterocycles. The van der Waals surface area contributed by atoms with E-state index in [4.69, 9.17) is 13.6 Å². The van der Waals surface area contributed by atoms with Gasteiger partial charge in [0, 0.05) is 5.56 Å². The third-order valence-corrected chi connectivity index (χ3v) is 4.05. The summed E-state index contributed by atoms with van der Waals surface area (Å²) in [4.78, 5) is 11.4. The normalized spacial score (nSPS) is 10.6. The summed E-state index contributed by atoms with van der Waals surface area (Å²) in [5.41, 5.74) is 0.814. The van der Waals surface area contributed by atoms with Crippen molar-refractivity contribution in [2.45, 2.75) is 17.9 Å². The van der Waals surface area contributed by atoms with Crippen LogP contribution >= 0.6 is 11.8 Å². The Hall–Kier alpha value is -2.74. The van der Waals surface area contributed by atoms with Gasteiger partial charge < -0.3 is 18.3 Å². The van der Waals surface area contributed by atoms with Crippen molar-refractivity contribution in [2.75, 3.05) is 13.7 Å². The van der Waals surface area contributed by atoms with Gasteiger partial charge in [-0.05, 0) is 43.3 Å². The van der Waals surface area contributed by atoms with E-state index >= 15 is 0 Å². The van der Waals surface area contributed by atoms with Crippen molar-refractivity contribution in [1.82, 2.24) is 10.2 Å². The van der Waals surface area contributed by atoms with Crippen LogP contribution in [0.15, 0.2) is 50.5 Å². The number of nitrogens with zero attached hydrogens (tertiary/aromatic N) is 2. The SMILES string of the molecule is CCOc1ccc(-c2nnc(SCc3ccc(C(=O)OC)o3)o2)cc1. The number of methoxy groups -OCH3 is 1. The Balaban J connectivity index is 1.61. The molecule has 3 aromatic rings. The maximum atomic E-state index is 11.4. The van der Waals surface area contributed by atoms with Crippen LogP contribution in [0.2, 0.25) is 0 Å². The summed E-state index contributed by atoms with van der Waals surface area (Å²) in [5, 5.41) is 8.46. The van der Waals surface area contributed by atoms with Crippen molar-refractivity contribution in [3.63, 3.8) is 0 Å². The lowest BCUT2D eigenvalue weighted by atomic mass is 10.2. The minimum absolute atomic E-state index is 0.165. The first kappa shape index (κ1) is 17.1. The number of rotatable bonds is 7. The minimum Gasteiger partial charge on any atom is -0.494 e. The molecule has 0 aliphatic heterocycles. The summed E-state index contributed by atoms with van der Waals surface area (Å²) in [5.74, 6) is 1.96. The first-order valence-electron chi connectivity index (χ1n) is 7.56. The predicted octanol–water partition coefficient (Wildman–Crippen LogP) is 3.81. The Morgan fingerprint density at radius 1 is 1.12 bits per heavy atom. The van der Waals surface area contributed by atoms with Crippen molar-refractivity contribution in [1.29, 1.82) is 0 Å². The van der Waals surface area contributed by atoms with Crippen LogP contribution in [0.3, 0.4) is 0 Å². The second kappa shape index (κ2) is 7.89. The second-order valence-electron chi connectivity index (χ2n) is 4.88. The molecule has 7 nitrogen and oxygen atoms in total. The minimum atomic E-state index is -0.508. The van der Waals surface area contributed by atoms with Crippen LogP contribution in [0.5, 0.6) is 5.75 Å². The number of hydrogen-bond donors (Lipinski definition) is 0. The van der Waals surface area contributed by atoms with Crippen LogP contribution in [0, 0.1) is 0 Å². The molecular weight excluding hydrogens is 344 g/mol. The van der Waals surface area contributed by atoms with E-state index in [1.54, 1.807) is 12.1 Å². The average molecular weight is 360 g/mol. The highest BCUT2D eigenvalue weighted by molar-refractivity contribution is 7.98. The van der Waals surface area contributed by atoms with Crippen molar-refractivity contribution in [3.05, 3.63) is 47.9 Å². The van der Waals surface area contributed by atoms with E-state index in [1.165, 1.54) is 18.9 Å². The Morgan fingerprint density at radius 3 is 2.64 bits per heavy atom. The van der Waals surface area contributed by atoms with Crippen molar-refractivity contribution >= 4 is 17.7 Å². The van der Waals surface area contributed by atoms with Gasteiger partial charge in [-0.2, -0.15) is 0 Å². The Kier molecular flexibility index (Phi) is 5.39. The summed E-state index contributed by atoms with van der Waals surface area (Å²) >= 11 is 1.32. The van der Waals surface area contributed by atoms with Crippen LogP contribution in [-0.2, 0) is 10.5 Å². The molecule has 3 rings (SSSR count). The maximum absolute atomic E-state index is 11.4. The van der Waals surface area contributed by atoms with Gasteiger partial charge in [0.05, 0.1) is 19.5 Å². The Labute approximate surface area is 148 Å². The molecule has 0 bridgehead atoms. The smallest absolute Gasteiger partial charge is 0.373 e. The molecule has 0 atom stereocenters. The van der Waals surface area contributed by atoms with Crippen molar-refractivity contribution in [2.24, 2.45) is 0 Å². The standard InChI is InChI=1S/C17H16N2O5S/c1-3-22-12-6-4-11(5-7-12)15-18-19-17(24-15)25-10-13-8-9-14(23-13)16(20)21-2/h4-9H,3,10H2,1-2H3. The van der Waals surface area contributed by atoms with E-state index in [1.807, 2.05) is 31.2 Å². The molecule has 0 saturated carbocycles. The molecule has 0 radical (unpaired) electrons. The van der Waals surface area contributed by atoms with Gasteiger partial charge in [0.15, 0.2) is 0 Å². The van der Waals surface area contributed by atoms with Gasteiger partial charge in [-0.25, -0.2) is 4.79 Å². The first-order valence-corrected chi connectivity index (χ1v) is 8.54. The zero-order chi connectivity index (χ0) is 17.6. The number of carbonyl (C=O) groups is 1. The number of furan rings is 1. The number of esters is 1. The number of aromatic nitrogens is 2. The summed E-state index contributed by atoms with van der Waals surface area (Å²) in [6, 6.07) is 10.7. The highest BCUT2D eigenvalue weighted by atomic mass is 32.2. The van der Waals surface area contributed by atoms with E-state index in [2.05, 4.69) is 14.9 Å². The van der Waals surface area contributed by atoms with Crippen LogP contribution in [-0.4, -0.2) is 29.9 Å². The Bertz CT molecular complexity index is 841. The second-order valence-corrected chi connectivity index (χ2v) is 5.80. The monoisotopic (exact) mass is 360 g/mol. The lowest BCUT2D eigenvalue weighted by Gasteiger charge is -2.02. The molecule has 0 unspecified atom stereocenters. The summed E-state index contributed by atoms with van der Waals surface area (Å²) in [7, 11) is 1.31. The van der Waals surface area contributed by atoms with Gasteiger partial charge in [-0.1, -0.05) is 11.8 Å². The van der Waals surface area contributed by atoms with Gasteiger partial charge in [0.1, 0.15) is 11.5 Å². The van der Waals surface area contributed by atoms with Gasteiger partial charge >= 0.3 is 5.97 Å². The molecule has 0 fully saturated rings. The molecule has 8 heteroatoms. The largest absolute Gasteiger partial charge is 0.494 e. The number of benzene rings is 1. The lowest BCUT2D eigenvalue weighted by molar-refractivity contribution is 0.0563. The fourth-order valence-corrected chi connectivity index (χ4v) is 2.70. The average Bonchev–Trinajstić information content (AvgIpc) is 3.30. The van der Waals surface area contributed by atoms with Crippen LogP contribution in [0.1, 0.15) is 23.2 Å². The molecule has 2 aromatic heterocycles. The fourth-order valence-electron chi connectivity index (χ4n) is 2.04. The lowest BCUT2D eigenvalue weighted by Crippen LogP contribution is -1.98. The molecule has 25 heavy (non-hydrogen) atoms. The molecule has 0 aliphatic rings. The van der Waals surface area contributed by atoms with E-state index in [0.29, 0.717) is 29.2 Å². The molecule has 0 saturated heterocycles. The van der Waals surface area contributed by atoms with E-state index in [9.17, 15) is 4.79 Å². The number of thioether (sulfide) groups is 1. The van der Waals surface area contributed by atoms with Crippen LogP contribution < -0.4 is 4.74 Å². The van der Waals surface area contributed by atoms with Crippen LogP contribution in [0.4, 0.5) is 0 Å². The highest BCUT2D eigenvalue weighted by Gasteiger charge is 2.13. The zero-order valence-electron chi connectivity index (χ0n) is 13.7. The van der Waals surface area contributed by atoms with Crippen LogP contribution in [0.25, 0.3) is 11.5 Å². The van der Waals surface area contributed by atoms with E-state index < -0.39 is 5.97 Å². The van der Waals surface area contributed by atoms with Gasteiger partial charge in [-0.15, -0.1) is 10.2 Å². The third kappa shape index (κ3) is 4.21. The third-order valence-electron chi connectivity index (χ3n) is 3.20. The van der Waals surface area contributed by atoms with E-state index in [0.717, 1.165) is 11.3 Å². The number of hydrogen-bond acceptors (Lipinski definition) is 8. The number of ether oxygens (including phenoxy) is 2. The summed E-state index contributed by atoms with van der Waals surface area (Å²) in [6.07, 6.45) is 0. The van der Waals surface area contributed by atoms with Crippen molar-refractivity contribution in [3.8, 4) is 17.2 Å².